The van der Waals surface area contributed by atoms with Gasteiger partial charge in [0, 0.05) is 24.7 Å². The number of nitrogens with zero attached hydrogens (tertiary/aromatic N) is 2. The summed E-state index contributed by atoms with van der Waals surface area (Å²) in [5, 5.41) is 3.78. The average Bonchev–Trinajstić information content (AvgIpc) is 2.44. The molecule has 3 nitrogen and oxygen atoms in total. The molecule has 1 saturated heterocycles. The number of hydrogen-bond donors (Lipinski definition) is 1. The van der Waals surface area contributed by atoms with Crippen molar-refractivity contribution >= 4 is 0 Å². The number of nitrogens with one attached hydrogen (secondary N) is 1. The predicted molar refractivity (Wildman–Crippen MR) is 86.0 cm³/mol. The van der Waals surface area contributed by atoms with Crippen molar-refractivity contribution in [2.75, 3.05) is 34.2 Å². The van der Waals surface area contributed by atoms with Crippen molar-refractivity contribution in [3.8, 4) is 0 Å². The summed E-state index contributed by atoms with van der Waals surface area (Å²) in [6, 6.07) is 12.6. The van der Waals surface area contributed by atoms with E-state index in [0.717, 1.165) is 6.54 Å². The Labute approximate surface area is 124 Å². The van der Waals surface area contributed by atoms with Crippen molar-refractivity contribution in [2.45, 2.75) is 37.9 Å². The molecule has 1 aliphatic heterocycles. The lowest BCUT2D eigenvalue weighted by Gasteiger charge is -2.36. The Hall–Kier alpha value is -0.900. The van der Waals surface area contributed by atoms with Gasteiger partial charge in [0.2, 0.25) is 0 Å². The van der Waals surface area contributed by atoms with Gasteiger partial charge in [-0.3, -0.25) is 0 Å². The van der Waals surface area contributed by atoms with Crippen LogP contribution in [0.1, 0.15) is 31.4 Å². The van der Waals surface area contributed by atoms with Crippen LogP contribution in [0.2, 0.25) is 0 Å². The van der Waals surface area contributed by atoms with E-state index in [1.807, 2.05) is 0 Å². The number of benzene rings is 1. The van der Waals surface area contributed by atoms with Crippen LogP contribution in [0, 0.1) is 0 Å². The fourth-order valence-corrected chi connectivity index (χ4v) is 3.03. The van der Waals surface area contributed by atoms with E-state index in [2.05, 4.69) is 73.5 Å². The third-order valence-electron chi connectivity index (χ3n) is 4.62. The maximum Gasteiger partial charge on any atom is 0.0466 e. The van der Waals surface area contributed by atoms with Crippen LogP contribution in [-0.4, -0.2) is 56.1 Å². The van der Waals surface area contributed by atoms with Crippen LogP contribution in [0.4, 0.5) is 0 Å². The van der Waals surface area contributed by atoms with Gasteiger partial charge in [0.1, 0.15) is 0 Å². The Morgan fingerprint density at radius 3 is 2.60 bits per heavy atom. The van der Waals surface area contributed by atoms with E-state index < -0.39 is 0 Å². The minimum atomic E-state index is 0.450. The third kappa shape index (κ3) is 4.05. The second-order valence-corrected chi connectivity index (χ2v) is 6.35. The molecule has 0 radical (unpaired) electrons. The summed E-state index contributed by atoms with van der Waals surface area (Å²) in [5.74, 6) is 0. The van der Waals surface area contributed by atoms with Crippen LogP contribution in [-0.2, 0) is 0 Å². The highest BCUT2D eigenvalue weighted by Gasteiger charge is 2.23. The Bertz CT molecular complexity index is 390. The quantitative estimate of drug-likeness (QED) is 0.890. The first-order valence-corrected chi connectivity index (χ1v) is 7.73. The number of rotatable bonds is 5. The van der Waals surface area contributed by atoms with E-state index in [0.29, 0.717) is 18.1 Å². The normalized spacial score (nSPS) is 25.9. The molecule has 0 aromatic heterocycles. The molecule has 20 heavy (non-hydrogen) atoms. The van der Waals surface area contributed by atoms with Crippen molar-refractivity contribution in [2.24, 2.45) is 0 Å². The average molecular weight is 275 g/mol. The molecule has 0 amide bonds. The fourth-order valence-electron chi connectivity index (χ4n) is 3.03. The molecule has 0 aliphatic carbocycles. The predicted octanol–water partition coefficient (Wildman–Crippen LogP) is 2.36. The lowest BCUT2D eigenvalue weighted by Crippen LogP contribution is -2.47. The van der Waals surface area contributed by atoms with Crippen LogP contribution >= 0.6 is 0 Å². The van der Waals surface area contributed by atoms with Gasteiger partial charge in [0.25, 0.3) is 0 Å². The number of hydrogen-bond acceptors (Lipinski definition) is 3. The van der Waals surface area contributed by atoms with Crippen LogP contribution in [0.15, 0.2) is 30.3 Å². The Morgan fingerprint density at radius 1 is 1.30 bits per heavy atom. The topological polar surface area (TPSA) is 18.5 Å². The molecule has 0 saturated carbocycles. The second kappa shape index (κ2) is 7.21. The summed E-state index contributed by atoms with van der Waals surface area (Å²) in [6.45, 7) is 4.56. The molecule has 0 bridgehead atoms. The van der Waals surface area contributed by atoms with Gasteiger partial charge in [-0.1, -0.05) is 30.3 Å². The van der Waals surface area contributed by atoms with Crippen LogP contribution in [0.3, 0.4) is 0 Å². The lowest BCUT2D eigenvalue weighted by atomic mass is 9.98. The summed E-state index contributed by atoms with van der Waals surface area (Å²) < 4.78 is 0. The fraction of sp³-hybridized carbons (Fsp3) is 0.647. The van der Waals surface area contributed by atoms with E-state index in [1.165, 1.54) is 24.9 Å². The van der Waals surface area contributed by atoms with Crippen LogP contribution in [0.5, 0.6) is 0 Å². The van der Waals surface area contributed by atoms with Gasteiger partial charge in [0.15, 0.2) is 0 Å². The maximum atomic E-state index is 3.78. The first-order valence-electron chi connectivity index (χ1n) is 7.73. The molecule has 1 aromatic carbocycles. The van der Waals surface area contributed by atoms with Gasteiger partial charge in [-0.2, -0.15) is 0 Å². The first-order chi connectivity index (χ1) is 9.58. The third-order valence-corrected chi connectivity index (χ3v) is 4.62. The van der Waals surface area contributed by atoms with E-state index in [4.69, 9.17) is 0 Å². The summed E-state index contributed by atoms with van der Waals surface area (Å²) in [4.78, 5) is 4.76. The second-order valence-electron chi connectivity index (χ2n) is 6.35. The molecule has 1 aliphatic rings. The molecule has 3 atom stereocenters. The molecular formula is C17H29N3. The maximum absolute atomic E-state index is 3.78. The van der Waals surface area contributed by atoms with Crippen molar-refractivity contribution in [3.63, 3.8) is 0 Å². The molecule has 0 spiro atoms. The zero-order chi connectivity index (χ0) is 14.5. The van der Waals surface area contributed by atoms with Crippen molar-refractivity contribution in [1.29, 1.82) is 0 Å². The molecular weight excluding hydrogens is 246 g/mol. The monoisotopic (exact) mass is 275 g/mol. The summed E-state index contributed by atoms with van der Waals surface area (Å²) in [6.07, 6.45) is 2.52. The van der Waals surface area contributed by atoms with Gasteiger partial charge in [-0.05, 0) is 53.0 Å². The van der Waals surface area contributed by atoms with Crippen LogP contribution in [0.25, 0.3) is 0 Å². The molecule has 1 N–H and O–H groups in total. The van der Waals surface area contributed by atoms with Gasteiger partial charge < -0.3 is 15.1 Å². The largest absolute Gasteiger partial charge is 0.312 e. The lowest BCUT2D eigenvalue weighted by molar-refractivity contribution is 0.162. The van der Waals surface area contributed by atoms with Crippen molar-refractivity contribution in [3.05, 3.63) is 35.9 Å². The summed E-state index contributed by atoms with van der Waals surface area (Å²) in [7, 11) is 6.56. The number of likely N-dealkylation sites (tertiary alicyclic amines) is 1. The van der Waals surface area contributed by atoms with Gasteiger partial charge in [-0.15, -0.1) is 0 Å². The SMILES string of the molecule is CC1CC(NCC(c2ccccc2)N(C)C)CCN1C. The highest BCUT2D eigenvalue weighted by atomic mass is 15.2. The molecule has 1 aromatic rings. The first kappa shape index (κ1) is 15.5. The minimum absolute atomic E-state index is 0.450. The molecule has 112 valence electrons. The van der Waals surface area contributed by atoms with Gasteiger partial charge in [-0.25, -0.2) is 0 Å². The van der Waals surface area contributed by atoms with Gasteiger partial charge in [0.05, 0.1) is 0 Å². The summed E-state index contributed by atoms with van der Waals surface area (Å²) in [5.41, 5.74) is 1.39. The smallest absolute Gasteiger partial charge is 0.0466 e. The molecule has 1 fully saturated rings. The zero-order valence-electron chi connectivity index (χ0n) is 13.3. The molecule has 2 rings (SSSR count). The summed E-state index contributed by atoms with van der Waals surface area (Å²) >= 11 is 0. The number of piperidine rings is 1. The Morgan fingerprint density at radius 2 is 2.00 bits per heavy atom. The van der Waals surface area contributed by atoms with Gasteiger partial charge >= 0.3 is 0 Å². The molecule has 3 heteroatoms. The number of likely N-dealkylation sites (N-methyl/N-ethyl adjacent to an activating group) is 1. The van der Waals surface area contributed by atoms with E-state index in [-0.39, 0.29) is 0 Å². The van der Waals surface area contributed by atoms with Crippen molar-refractivity contribution < 1.29 is 0 Å². The minimum Gasteiger partial charge on any atom is -0.312 e. The Kier molecular flexibility index (Phi) is 5.58. The standard InChI is InChI=1S/C17H29N3/c1-14-12-16(10-11-20(14)4)18-13-17(19(2)3)15-8-6-5-7-9-15/h5-9,14,16-18H,10-13H2,1-4H3. The van der Waals surface area contributed by atoms with E-state index >= 15 is 0 Å². The highest BCUT2D eigenvalue weighted by Crippen LogP contribution is 2.19. The molecule has 3 unspecified atom stereocenters. The van der Waals surface area contributed by atoms with E-state index in [9.17, 15) is 0 Å². The molecule has 1 heterocycles. The van der Waals surface area contributed by atoms with Crippen LogP contribution < -0.4 is 5.32 Å². The van der Waals surface area contributed by atoms with Crippen molar-refractivity contribution in [1.82, 2.24) is 15.1 Å². The van der Waals surface area contributed by atoms with E-state index in [1.54, 1.807) is 0 Å². The Balaban J connectivity index is 1.90. The highest BCUT2D eigenvalue weighted by molar-refractivity contribution is 5.19. The zero-order valence-corrected chi connectivity index (χ0v) is 13.3.